The number of hydrogen-bond acceptors (Lipinski definition) is 3. The minimum absolute atomic E-state index is 0.00484. The summed E-state index contributed by atoms with van der Waals surface area (Å²) in [6, 6.07) is -0.146. The van der Waals surface area contributed by atoms with Crippen LogP contribution in [0.4, 0.5) is 0 Å². The molecule has 0 spiro atoms. The summed E-state index contributed by atoms with van der Waals surface area (Å²) in [5.74, 6) is -1.85. The minimum Gasteiger partial charge on any atom is -0.481 e. The highest BCUT2D eigenvalue weighted by Crippen LogP contribution is 2.36. The minimum atomic E-state index is -0.887. The smallest absolute Gasteiger partial charge is 0.307 e. The molecule has 0 bridgehead atoms. The second-order valence-electron chi connectivity index (χ2n) is 5.58. The summed E-state index contributed by atoms with van der Waals surface area (Å²) in [5.41, 5.74) is 0. The highest BCUT2D eigenvalue weighted by molar-refractivity contribution is 5.85. The molecule has 0 radical (unpaired) electrons. The fourth-order valence-corrected chi connectivity index (χ4v) is 2.49. The SMILES string of the molecule is CC1CC(C(=O)O)C(C(=O)NC(C)C(C)CO)C1. The number of nitrogens with one attached hydrogen (secondary N) is 1. The van der Waals surface area contributed by atoms with Gasteiger partial charge in [0, 0.05) is 12.6 Å². The Hall–Kier alpha value is -1.10. The van der Waals surface area contributed by atoms with E-state index in [0.29, 0.717) is 12.8 Å². The fourth-order valence-electron chi connectivity index (χ4n) is 2.49. The van der Waals surface area contributed by atoms with Crippen LogP contribution in [0.5, 0.6) is 0 Å². The van der Waals surface area contributed by atoms with Crippen molar-refractivity contribution >= 4 is 11.9 Å². The first-order chi connectivity index (χ1) is 8.36. The normalized spacial score (nSPS) is 30.8. The third kappa shape index (κ3) is 3.45. The van der Waals surface area contributed by atoms with E-state index >= 15 is 0 Å². The lowest BCUT2D eigenvalue weighted by molar-refractivity contribution is -0.146. The van der Waals surface area contributed by atoms with Gasteiger partial charge in [-0.1, -0.05) is 13.8 Å². The van der Waals surface area contributed by atoms with Gasteiger partial charge in [0.25, 0.3) is 0 Å². The monoisotopic (exact) mass is 257 g/mol. The van der Waals surface area contributed by atoms with Crippen LogP contribution in [-0.2, 0) is 9.59 Å². The number of aliphatic carboxylic acids is 1. The van der Waals surface area contributed by atoms with E-state index in [4.69, 9.17) is 10.2 Å². The zero-order valence-electron chi connectivity index (χ0n) is 11.2. The van der Waals surface area contributed by atoms with Crippen molar-refractivity contribution in [3.05, 3.63) is 0 Å². The first-order valence-corrected chi connectivity index (χ1v) is 6.50. The van der Waals surface area contributed by atoms with Crippen molar-refractivity contribution in [2.45, 2.75) is 39.7 Å². The van der Waals surface area contributed by atoms with Crippen molar-refractivity contribution in [1.29, 1.82) is 0 Å². The first kappa shape index (κ1) is 15.0. The van der Waals surface area contributed by atoms with Crippen molar-refractivity contribution in [2.75, 3.05) is 6.61 Å². The second kappa shape index (κ2) is 6.18. The van der Waals surface area contributed by atoms with Crippen molar-refractivity contribution in [1.82, 2.24) is 5.32 Å². The van der Waals surface area contributed by atoms with Crippen molar-refractivity contribution in [2.24, 2.45) is 23.7 Å². The first-order valence-electron chi connectivity index (χ1n) is 6.50. The van der Waals surface area contributed by atoms with Crippen LogP contribution in [0, 0.1) is 23.7 Å². The predicted octanol–water partition coefficient (Wildman–Crippen LogP) is 0.866. The maximum Gasteiger partial charge on any atom is 0.307 e. The third-order valence-corrected chi connectivity index (χ3v) is 3.96. The molecule has 1 rings (SSSR count). The number of rotatable bonds is 5. The van der Waals surface area contributed by atoms with Gasteiger partial charge in [0.1, 0.15) is 0 Å². The molecule has 104 valence electrons. The third-order valence-electron chi connectivity index (χ3n) is 3.96. The zero-order chi connectivity index (χ0) is 13.9. The number of hydrogen-bond donors (Lipinski definition) is 3. The van der Waals surface area contributed by atoms with Crippen LogP contribution in [-0.4, -0.2) is 34.7 Å². The van der Waals surface area contributed by atoms with Gasteiger partial charge in [0.15, 0.2) is 0 Å². The molecule has 1 aliphatic carbocycles. The van der Waals surface area contributed by atoms with Crippen LogP contribution in [0.15, 0.2) is 0 Å². The van der Waals surface area contributed by atoms with Crippen molar-refractivity contribution in [3.8, 4) is 0 Å². The number of carboxylic acids is 1. The Bertz CT molecular complexity index is 318. The Kier molecular flexibility index (Phi) is 5.14. The van der Waals surface area contributed by atoms with E-state index in [1.54, 1.807) is 0 Å². The van der Waals surface area contributed by atoms with Gasteiger partial charge in [0.2, 0.25) is 5.91 Å². The van der Waals surface area contributed by atoms with E-state index in [2.05, 4.69) is 5.32 Å². The van der Waals surface area contributed by atoms with Gasteiger partial charge in [0.05, 0.1) is 11.8 Å². The van der Waals surface area contributed by atoms with Crippen LogP contribution in [0.1, 0.15) is 33.6 Å². The highest BCUT2D eigenvalue weighted by atomic mass is 16.4. The van der Waals surface area contributed by atoms with Crippen LogP contribution >= 0.6 is 0 Å². The Morgan fingerprint density at radius 2 is 1.83 bits per heavy atom. The summed E-state index contributed by atoms with van der Waals surface area (Å²) in [6.45, 7) is 5.65. The maximum absolute atomic E-state index is 12.1. The summed E-state index contributed by atoms with van der Waals surface area (Å²) in [7, 11) is 0. The number of carboxylic acid groups (broad SMARTS) is 1. The van der Waals surface area contributed by atoms with Crippen LogP contribution in [0.3, 0.4) is 0 Å². The second-order valence-corrected chi connectivity index (χ2v) is 5.58. The molecule has 1 amide bonds. The van der Waals surface area contributed by atoms with E-state index in [1.807, 2.05) is 20.8 Å². The van der Waals surface area contributed by atoms with E-state index < -0.39 is 17.8 Å². The van der Waals surface area contributed by atoms with Gasteiger partial charge >= 0.3 is 5.97 Å². The number of carbonyl (C=O) groups excluding carboxylic acids is 1. The molecule has 18 heavy (non-hydrogen) atoms. The summed E-state index contributed by atoms with van der Waals surface area (Å²) >= 11 is 0. The number of aliphatic hydroxyl groups is 1. The van der Waals surface area contributed by atoms with E-state index in [-0.39, 0.29) is 30.4 Å². The molecular weight excluding hydrogens is 234 g/mol. The average molecular weight is 257 g/mol. The Balaban J connectivity index is 2.63. The van der Waals surface area contributed by atoms with Crippen molar-refractivity contribution in [3.63, 3.8) is 0 Å². The molecule has 0 aliphatic heterocycles. The summed E-state index contributed by atoms with van der Waals surface area (Å²) in [5, 5.41) is 21.0. The Morgan fingerprint density at radius 1 is 1.28 bits per heavy atom. The zero-order valence-corrected chi connectivity index (χ0v) is 11.2. The standard InChI is InChI=1S/C13H23NO4/c1-7-4-10(11(5-7)13(17)18)12(16)14-9(3)8(2)6-15/h7-11,15H,4-6H2,1-3H3,(H,14,16)(H,17,18). The van der Waals surface area contributed by atoms with Crippen LogP contribution in [0.25, 0.3) is 0 Å². The van der Waals surface area contributed by atoms with Gasteiger partial charge in [-0.3, -0.25) is 9.59 Å². The average Bonchev–Trinajstić information content (AvgIpc) is 2.70. The molecule has 0 saturated heterocycles. The molecule has 0 aromatic rings. The van der Waals surface area contributed by atoms with Gasteiger partial charge in [-0.2, -0.15) is 0 Å². The summed E-state index contributed by atoms with van der Waals surface area (Å²) < 4.78 is 0. The number of carbonyl (C=O) groups is 2. The van der Waals surface area contributed by atoms with Gasteiger partial charge < -0.3 is 15.5 Å². The molecule has 0 aromatic heterocycles. The van der Waals surface area contributed by atoms with E-state index in [0.717, 1.165) is 0 Å². The predicted molar refractivity (Wildman–Crippen MR) is 66.9 cm³/mol. The molecule has 5 unspecified atom stereocenters. The molecule has 5 heteroatoms. The van der Waals surface area contributed by atoms with Gasteiger partial charge in [-0.15, -0.1) is 0 Å². The van der Waals surface area contributed by atoms with Gasteiger partial charge in [-0.05, 0) is 31.6 Å². The topological polar surface area (TPSA) is 86.6 Å². The van der Waals surface area contributed by atoms with Gasteiger partial charge in [-0.25, -0.2) is 0 Å². The van der Waals surface area contributed by atoms with Crippen LogP contribution < -0.4 is 5.32 Å². The highest BCUT2D eigenvalue weighted by Gasteiger charge is 2.41. The Morgan fingerprint density at radius 3 is 2.33 bits per heavy atom. The lowest BCUT2D eigenvalue weighted by Crippen LogP contribution is -2.43. The molecule has 1 saturated carbocycles. The Labute approximate surface area is 108 Å². The quantitative estimate of drug-likeness (QED) is 0.682. The maximum atomic E-state index is 12.1. The molecule has 0 heterocycles. The lowest BCUT2D eigenvalue weighted by atomic mass is 9.94. The molecule has 0 aromatic carbocycles. The van der Waals surface area contributed by atoms with E-state index in [9.17, 15) is 9.59 Å². The van der Waals surface area contributed by atoms with E-state index in [1.165, 1.54) is 0 Å². The fraction of sp³-hybridized carbons (Fsp3) is 0.846. The lowest BCUT2D eigenvalue weighted by Gasteiger charge is -2.23. The molecule has 3 N–H and O–H groups in total. The molecule has 5 atom stereocenters. The largest absolute Gasteiger partial charge is 0.481 e. The molecule has 1 fully saturated rings. The molecule has 1 aliphatic rings. The van der Waals surface area contributed by atoms with Crippen LogP contribution in [0.2, 0.25) is 0 Å². The van der Waals surface area contributed by atoms with Crippen molar-refractivity contribution < 1.29 is 19.8 Å². The number of amides is 1. The molecular formula is C13H23NO4. The summed E-state index contributed by atoms with van der Waals surface area (Å²) in [4.78, 5) is 23.2. The molecule has 5 nitrogen and oxygen atoms in total. The summed E-state index contributed by atoms with van der Waals surface area (Å²) in [6.07, 6.45) is 1.19. The number of aliphatic hydroxyl groups excluding tert-OH is 1.